The summed E-state index contributed by atoms with van der Waals surface area (Å²) in [7, 11) is 0. The summed E-state index contributed by atoms with van der Waals surface area (Å²) in [6.07, 6.45) is 1.07. The van der Waals surface area contributed by atoms with Gasteiger partial charge >= 0.3 is 0 Å². The first-order valence-electron chi connectivity index (χ1n) is 8.05. The Hall–Kier alpha value is -2.20. The largest absolute Gasteiger partial charge is 0.491 e. The molecule has 0 spiro atoms. The van der Waals surface area contributed by atoms with Crippen LogP contribution in [0.3, 0.4) is 0 Å². The lowest BCUT2D eigenvalue weighted by Crippen LogP contribution is -2.22. The number of ether oxygens (including phenoxy) is 1. The third kappa shape index (κ3) is 5.17. The number of rotatable bonds is 7. The van der Waals surface area contributed by atoms with E-state index in [-0.39, 0.29) is 18.6 Å². The third-order valence-electron chi connectivity index (χ3n) is 3.74. The summed E-state index contributed by atoms with van der Waals surface area (Å²) >= 11 is 6.08. The molecule has 1 amide bonds. The fourth-order valence-electron chi connectivity index (χ4n) is 2.14. The monoisotopic (exact) mass is 346 g/mol. The van der Waals surface area contributed by atoms with Crippen LogP contribution >= 0.6 is 11.6 Å². The van der Waals surface area contributed by atoms with Crippen LogP contribution in [-0.2, 0) is 4.79 Å². The first-order valence-corrected chi connectivity index (χ1v) is 8.43. The van der Waals surface area contributed by atoms with Crippen molar-refractivity contribution in [2.75, 3.05) is 17.2 Å². The number of halogens is 1. The number of hydrogen-bond acceptors (Lipinski definition) is 3. The van der Waals surface area contributed by atoms with Crippen molar-refractivity contribution < 1.29 is 9.53 Å². The zero-order valence-electron chi connectivity index (χ0n) is 14.2. The number of anilines is 2. The van der Waals surface area contributed by atoms with E-state index in [0.717, 1.165) is 23.4 Å². The highest BCUT2D eigenvalue weighted by atomic mass is 35.5. The Morgan fingerprint density at radius 1 is 1.25 bits per heavy atom. The number of nitrogens with one attached hydrogen (secondary N) is 2. The van der Waals surface area contributed by atoms with Crippen molar-refractivity contribution in [3.8, 4) is 5.75 Å². The van der Waals surface area contributed by atoms with Gasteiger partial charge in [0.2, 0.25) is 5.91 Å². The van der Waals surface area contributed by atoms with Crippen LogP contribution in [0, 0.1) is 6.92 Å². The van der Waals surface area contributed by atoms with E-state index in [1.54, 1.807) is 0 Å². The molecule has 0 bridgehead atoms. The van der Waals surface area contributed by atoms with Gasteiger partial charge in [-0.05, 0) is 50.1 Å². The van der Waals surface area contributed by atoms with Crippen LogP contribution in [0.1, 0.15) is 25.8 Å². The van der Waals surface area contributed by atoms with E-state index >= 15 is 0 Å². The van der Waals surface area contributed by atoms with Gasteiger partial charge in [0.05, 0.1) is 12.6 Å². The van der Waals surface area contributed by atoms with Crippen LogP contribution in [0.5, 0.6) is 5.75 Å². The first-order chi connectivity index (χ1) is 11.5. The van der Waals surface area contributed by atoms with Gasteiger partial charge in [0.15, 0.2) is 0 Å². The highest BCUT2D eigenvalue weighted by Crippen LogP contribution is 2.23. The molecule has 2 N–H and O–H groups in total. The Morgan fingerprint density at radius 2 is 2.00 bits per heavy atom. The van der Waals surface area contributed by atoms with Gasteiger partial charge in [-0.1, -0.05) is 30.7 Å². The fraction of sp³-hybridized carbons (Fsp3) is 0.316. The van der Waals surface area contributed by atoms with E-state index < -0.39 is 0 Å². The summed E-state index contributed by atoms with van der Waals surface area (Å²) in [5, 5.41) is 6.64. The minimum absolute atomic E-state index is 0.130. The van der Waals surface area contributed by atoms with Crippen LogP contribution in [0.25, 0.3) is 0 Å². The van der Waals surface area contributed by atoms with Gasteiger partial charge in [-0.3, -0.25) is 4.79 Å². The summed E-state index contributed by atoms with van der Waals surface area (Å²) < 4.78 is 5.76. The molecule has 128 valence electrons. The Balaban J connectivity index is 1.92. The van der Waals surface area contributed by atoms with Crippen molar-refractivity contribution in [3.05, 3.63) is 53.1 Å². The molecule has 0 fully saturated rings. The zero-order chi connectivity index (χ0) is 17.5. The second-order valence-electron chi connectivity index (χ2n) is 5.68. The highest BCUT2D eigenvalue weighted by Gasteiger charge is 2.07. The molecule has 0 aliphatic heterocycles. The smallest absolute Gasteiger partial charge is 0.243 e. The standard InChI is InChI=1S/C19H23ClN2O2/c1-4-13(2)24-16-8-5-7-15(11-16)22-19(23)12-21-18-10-6-9-17(20)14(18)3/h5-11,13,21H,4,12H2,1-3H3,(H,22,23). The molecule has 2 rings (SSSR count). The second-order valence-corrected chi connectivity index (χ2v) is 6.09. The predicted molar refractivity (Wildman–Crippen MR) is 100 cm³/mol. The van der Waals surface area contributed by atoms with Gasteiger partial charge in [0.1, 0.15) is 5.75 Å². The SMILES string of the molecule is CCC(C)Oc1cccc(NC(=O)CNc2cccc(Cl)c2C)c1. The van der Waals surface area contributed by atoms with Crippen molar-refractivity contribution >= 4 is 28.9 Å². The Morgan fingerprint density at radius 3 is 2.75 bits per heavy atom. The lowest BCUT2D eigenvalue weighted by Gasteiger charge is -2.14. The molecule has 1 atom stereocenters. The maximum absolute atomic E-state index is 12.1. The summed E-state index contributed by atoms with van der Waals surface area (Å²) in [5.41, 5.74) is 2.49. The summed E-state index contributed by atoms with van der Waals surface area (Å²) in [4.78, 5) is 12.1. The molecule has 5 heteroatoms. The highest BCUT2D eigenvalue weighted by molar-refractivity contribution is 6.31. The van der Waals surface area contributed by atoms with Crippen LogP contribution in [-0.4, -0.2) is 18.6 Å². The molecule has 24 heavy (non-hydrogen) atoms. The quantitative estimate of drug-likeness (QED) is 0.751. The van der Waals surface area contributed by atoms with Crippen molar-refractivity contribution in [2.24, 2.45) is 0 Å². The molecule has 1 unspecified atom stereocenters. The van der Waals surface area contributed by atoms with Crippen molar-refractivity contribution in [1.29, 1.82) is 0 Å². The first kappa shape index (κ1) is 18.1. The Kier molecular flexibility index (Phi) is 6.50. The molecule has 0 saturated heterocycles. The fourth-order valence-corrected chi connectivity index (χ4v) is 2.32. The van der Waals surface area contributed by atoms with E-state index in [4.69, 9.17) is 16.3 Å². The van der Waals surface area contributed by atoms with Gasteiger partial charge in [0, 0.05) is 22.5 Å². The van der Waals surface area contributed by atoms with Gasteiger partial charge in [-0.25, -0.2) is 0 Å². The molecule has 2 aromatic rings. The van der Waals surface area contributed by atoms with Crippen LogP contribution in [0.15, 0.2) is 42.5 Å². The van der Waals surface area contributed by atoms with Gasteiger partial charge in [-0.15, -0.1) is 0 Å². The topological polar surface area (TPSA) is 50.4 Å². The van der Waals surface area contributed by atoms with E-state index in [9.17, 15) is 4.79 Å². The molecule has 0 saturated carbocycles. The molecule has 4 nitrogen and oxygen atoms in total. The average molecular weight is 347 g/mol. The van der Waals surface area contributed by atoms with Crippen LogP contribution < -0.4 is 15.4 Å². The molecule has 0 aliphatic rings. The van der Waals surface area contributed by atoms with E-state index in [1.807, 2.05) is 56.3 Å². The Labute approximate surface area is 148 Å². The third-order valence-corrected chi connectivity index (χ3v) is 4.15. The van der Waals surface area contributed by atoms with Crippen molar-refractivity contribution in [3.63, 3.8) is 0 Å². The van der Waals surface area contributed by atoms with E-state index in [0.29, 0.717) is 10.7 Å². The van der Waals surface area contributed by atoms with Gasteiger partial charge < -0.3 is 15.4 Å². The minimum atomic E-state index is -0.130. The molecule has 0 aromatic heterocycles. The van der Waals surface area contributed by atoms with Crippen LogP contribution in [0.4, 0.5) is 11.4 Å². The minimum Gasteiger partial charge on any atom is -0.491 e. The normalized spacial score (nSPS) is 11.7. The number of benzene rings is 2. The number of hydrogen-bond donors (Lipinski definition) is 2. The van der Waals surface area contributed by atoms with E-state index in [1.165, 1.54) is 0 Å². The molecule has 0 heterocycles. The molecule has 2 aromatic carbocycles. The van der Waals surface area contributed by atoms with Crippen LogP contribution in [0.2, 0.25) is 5.02 Å². The zero-order valence-corrected chi connectivity index (χ0v) is 15.0. The maximum Gasteiger partial charge on any atom is 0.243 e. The number of carbonyl (C=O) groups excluding carboxylic acids is 1. The maximum atomic E-state index is 12.1. The molecule has 0 radical (unpaired) electrons. The number of carbonyl (C=O) groups is 1. The second kappa shape index (κ2) is 8.60. The van der Waals surface area contributed by atoms with Crippen molar-refractivity contribution in [1.82, 2.24) is 0 Å². The summed E-state index contributed by atoms with van der Waals surface area (Å²) in [6, 6.07) is 13.0. The summed E-state index contributed by atoms with van der Waals surface area (Å²) in [5.74, 6) is 0.621. The van der Waals surface area contributed by atoms with E-state index in [2.05, 4.69) is 17.6 Å². The molecule has 0 aliphatic carbocycles. The predicted octanol–water partition coefficient (Wildman–Crippen LogP) is 4.88. The molecular formula is C19H23ClN2O2. The van der Waals surface area contributed by atoms with Gasteiger partial charge in [0.25, 0.3) is 0 Å². The van der Waals surface area contributed by atoms with Crippen molar-refractivity contribution in [2.45, 2.75) is 33.3 Å². The van der Waals surface area contributed by atoms with Gasteiger partial charge in [-0.2, -0.15) is 0 Å². The lowest BCUT2D eigenvalue weighted by atomic mass is 10.2. The number of amides is 1. The average Bonchev–Trinajstić information content (AvgIpc) is 2.56. The summed E-state index contributed by atoms with van der Waals surface area (Å²) in [6.45, 7) is 6.16. The lowest BCUT2D eigenvalue weighted by molar-refractivity contribution is -0.114. The Bertz CT molecular complexity index is 704. The molecular weight excluding hydrogens is 324 g/mol.